The Balaban J connectivity index is 2.33. The second-order valence-corrected chi connectivity index (χ2v) is 5.55. The van der Waals surface area contributed by atoms with Crippen molar-refractivity contribution in [2.45, 2.75) is 6.92 Å². The molecule has 0 amide bonds. The third kappa shape index (κ3) is 2.39. The second-order valence-electron chi connectivity index (χ2n) is 4.74. The first-order valence-electron chi connectivity index (χ1n) is 6.19. The fraction of sp³-hybridized carbons (Fsp3) is 0.0625. The summed E-state index contributed by atoms with van der Waals surface area (Å²) in [6.07, 6.45) is 0. The molecule has 0 radical (unpaired) electrons. The van der Waals surface area contributed by atoms with Crippen molar-refractivity contribution in [2.75, 3.05) is 0 Å². The van der Waals surface area contributed by atoms with E-state index in [9.17, 15) is 9.90 Å². The van der Waals surface area contributed by atoms with Crippen molar-refractivity contribution in [2.24, 2.45) is 0 Å². The molecule has 2 aromatic carbocycles. The summed E-state index contributed by atoms with van der Waals surface area (Å²) in [6, 6.07) is 9.97. The number of aromatic hydroxyl groups is 1. The largest absolute Gasteiger partial charge is 0.502 e. The summed E-state index contributed by atoms with van der Waals surface area (Å²) < 4.78 is 5.66. The number of hydrogen-bond acceptors (Lipinski definition) is 3. The minimum atomic E-state index is -0.471. The molecule has 21 heavy (non-hydrogen) atoms. The van der Waals surface area contributed by atoms with Crippen LogP contribution in [0.1, 0.15) is 5.56 Å². The van der Waals surface area contributed by atoms with E-state index in [0.29, 0.717) is 26.6 Å². The quantitative estimate of drug-likeness (QED) is 0.701. The highest BCUT2D eigenvalue weighted by Gasteiger charge is 2.16. The van der Waals surface area contributed by atoms with Gasteiger partial charge in [-0.05, 0) is 37.3 Å². The van der Waals surface area contributed by atoms with Gasteiger partial charge in [-0.2, -0.15) is 0 Å². The van der Waals surface area contributed by atoms with E-state index >= 15 is 0 Å². The summed E-state index contributed by atoms with van der Waals surface area (Å²) in [5.74, 6) is -0.360. The van der Waals surface area contributed by atoms with E-state index in [1.54, 1.807) is 30.3 Å². The highest BCUT2D eigenvalue weighted by molar-refractivity contribution is 6.42. The predicted molar refractivity (Wildman–Crippen MR) is 84.3 cm³/mol. The first kappa shape index (κ1) is 14.0. The van der Waals surface area contributed by atoms with Gasteiger partial charge in [-0.25, -0.2) is 0 Å². The Morgan fingerprint density at radius 3 is 2.52 bits per heavy atom. The van der Waals surface area contributed by atoms with Gasteiger partial charge in [-0.3, -0.25) is 4.79 Å². The molecule has 3 rings (SSSR count). The maximum absolute atomic E-state index is 12.3. The molecule has 0 aliphatic carbocycles. The number of halogens is 2. The monoisotopic (exact) mass is 320 g/mol. The van der Waals surface area contributed by atoms with Crippen LogP contribution in [0, 0.1) is 6.92 Å². The lowest BCUT2D eigenvalue weighted by Crippen LogP contribution is -2.02. The highest BCUT2D eigenvalue weighted by Crippen LogP contribution is 2.33. The van der Waals surface area contributed by atoms with Gasteiger partial charge in [0.1, 0.15) is 5.58 Å². The molecule has 0 bridgehead atoms. The molecule has 3 aromatic rings. The van der Waals surface area contributed by atoms with Gasteiger partial charge in [0.15, 0.2) is 5.76 Å². The lowest BCUT2D eigenvalue weighted by molar-refractivity contribution is 0.449. The van der Waals surface area contributed by atoms with E-state index in [-0.39, 0.29) is 5.76 Å². The molecule has 0 aliphatic heterocycles. The van der Waals surface area contributed by atoms with Crippen LogP contribution in [0.4, 0.5) is 0 Å². The van der Waals surface area contributed by atoms with Crippen LogP contribution in [0.3, 0.4) is 0 Å². The number of fused-ring (bicyclic) bond motifs is 1. The average Bonchev–Trinajstić information content (AvgIpc) is 2.46. The summed E-state index contributed by atoms with van der Waals surface area (Å²) in [7, 11) is 0. The van der Waals surface area contributed by atoms with Crippen molar-refractivity contribution < 1.29 is 9.52 Å². The van der Waals surface area contributed by atoms with Gasteiger partial charge in [-0.1, -0.05) is 34.8 Å². The Morgan fingerprint density at radius 2 is 1.81 bits per heavy atom. The molecule has 1 heterocycles. The van der Waals surface area contributed by atoms with Gasteiger partial charge >= 0.3 is 0 Å². The molecule has 0 saturated carbocycles. The van der Waals surface area contributed by atoms with Gasteiger partial charge in [0.25, 0.3) is 0 Å². The van der Waals surface area contributed by atoms with Crippen molar-refractivity contribution in [1.29, 1.82) is 0 Å². The first-order valence-corrected chi connectivity index (χ1v) is 6.95. The molecule has 1 aromatic heterocycles. The zero-order valence-electron chi connectivity index (χ0n) is 11.0. The van der Waals surface area contributed by atoms with E-state index < -0.39 is 11.2 Å². The standard InChI is InChI=1S/C16H10Cl2O3/c1-8-2-5-13-10(6-8)14(19)15(20)16(21-13)9-3-4-11(17)12(18)7-9/h2-7,20H,1H3. The summed E-state index contributed by atoms with van der Waals surface area (Å²) in [5.41, 5.74) is 1.34. The van der Waals surface area contributed by atoms with Crippen LogP contribution >= 0.6 is 23.2 Å². The molecule has 5 heteroatoms. The van der Waals surface area contributed by atoms with Crippen LogP contribution in [0.15, 0.2) is 45.6 Å². The zero-order chi connectivity index (χ0) is 15.1. The maximum atomic E-state index is 12.3. The second kappa shape index (κ2) is 5.10. The fourth-order valence-electron chi connectivity index (χ4n) is 2.13. The molecule has 106 valence electrons. The molecular weight excluding hydrogens is 311 g/mol. The van der Waals surface area contributed by atoms with Crippen LogP contribution in [0.5, 0.6) is 5.75 Å². The SMILES string of the molecule is Cc1ccc2oc(-c3ccc(Cl)c(Cl)c3)c(O)c(=O)c2c1. The molecule has 0 atom stereocenters. The molecule has 0 aliphatic rings. The first-order chi connectivity index (χ1) is 9.97. The summed E-state index contributed by atoms with van der Waals surface area (Å²) in [6.45, 7) is 1.86. The van der Waals surface area contributed by atoms with Crippen LogP contribution in [0.2, 0.25) is 10.0 Å². The minimum absolute atomic E-state index is 0.0786. The third-order valence-corrected chi connectivity index (χ3v) is 3.94. The van der Waals surface area contributed by atoms with Crippen LogP contribution < -0.4 is 5.43 Å². The summed E-state index contributed by atoms with van der Waals surface area (Å²) >= 11 is 11.8. The molecule has 0 fully saturated rings. The number of aryl methyl sites for hydroxylation is 1. The van der Waals surface area contributed by atoms with Gasteiger partial charge < -0.3 is 9.52 Å². The highest BCUT2D eigenvalue weighted by atomic mass is 35.5. The van der Waals surface area contributed by atoms with Crippen molar-refractivity contribution in [3.8, 4) is 17.1 Å². The number of benzene rings is 2. The van der Waals surface area contributed by atoms with Gasteiger partial charge in [0.05, 0.1) is 15.4 Å². The van der Waals surface area contributed by atoms with Gasteiger partial charge in [-0.15, -0.1) is 0 Å². The Labute approximate surface area is 130 Å². The Hall–Kier alpha value is -1.97. The normalized spacial score (nSPS) is 11.0. The maximum Gasteiger partial charge on any atom is 0.235 e. The Kier molecular flexibility index (Phi) is 3.40. The summed E-state index contributed by atoms with van der Waals surface area (Å²) in [5, 5.41) is 11.2. The van der Waals surface area contributed by atoms with Crippen molar-refractivity contribution in [1.82, 2.24) is 0 Å². The van der Waals surface area contributed by atoms with Gasteiger partial charge in [0.2, 0.25) is 11.2 Å². The van der Waals surface area contributed by atoms with E-state index in [1.807, 2.05) is 13.0 Å². The molecular formula is C16H10Cl2O3. The lowest BCUT2D eigenvalue weighted by Gasteiger charge is -2.07. The molecule has 1 N–H and O–H groups in total. The van der Waals surface area contributed by atoms with E-state index in [1.165, 1.54) is 0 Å². The van der Waals surface area contributed by atoms with Crippen LogP contribution in [0.25, 0.3) is 22.3 Å². The van der Waals surface area contributed by atoms with Crippen LogP contribution in [-0.2, 0) is 0 Å². The fourth-order valence-corrected chi connectivity index (χ4v) is 2.43. The average molecular weight is 321 g/mol. The lowest BCUT2D eigenvalue weighted by atomic mass is 10.1. The predicted octanol–water partition coefficient (Wildman–Crippen LogP) is 4.78. The number of rotatable bonds is 1. The Morgan fingerprint density at radius 1 is 1.05 bits per heavy atom. The van der Waals surface area contributed by atoms with Crippen molar-refractivity contribution in [3.05, 3.63) is 62.2 Å². The van der Waals surface area contributed by atoms with Crippen LogP contribution in [-0.4, -0.2) is 5.11 Å². The Bertz CT molecular complexity index is 913. The van der Waals surface area contributed by atoms with E-state index in [4.69, 9.17) is 27.6 Å². The molecule has 0 spiro atoms. The molecule has 3 nitrogen and oxygen atoms in total. The number of hydrogen-bond donors (Lipinski definition) is 1. The summed E-state index contributed by atoms with van der Waals surface area (Å²) in [4.78, 5) is 12.3. The molecule has 0 saturated heterocycles. The van der Waals surface area contributed by atoms with E-state index in [2.05, 4.69) is 0 Å². The zero-order valence-corrected chi connectivity index (χ0v) is 12.5. The topological polar surface area (TPSA) is 50.4 Å². The van der Waals surface area contributed by atoms with E-state index in [0.717, 1.165) is 5.56 Å². The third-order valence-electron chi connectivity index (χ3n) is 3.20. The minimum Gasteiger partial charge on any atom is -0.502 e. The van der Waals surface area contributed by atoms with Crippen molar-refractivity contribution >= 4 is 34.2 Å². The smallest absolute Gasteiger partial charge is 0.235 e. The van der Waals surface area contributed by atoms with Gasteiger partial charge in [0, 0.05) is 5.56 Å². The molecule has 0 unspecified atom stereocenters. The van der Waals surface area contributed by atoms with Crippen molar-refractivity contribution in [3.63, 3.8) is 0 Å².